The molecule has 2 amide bonds. The lowest BCUT2D eigenvalue weighted by Gasteiger charge is -2.17. The summed E-state index contributed by atoms with van der Waals surface area (Å²) < 4.78 is 5.57. The fraction of sp³-hybridized carbons (Fsp3) is 0.222. The minimum absolute atomic E-state index is 0.0835. The molecule has 3 aromatic rings. The van der Waals surface area contributed by atoms with E-state index in [2.05, 4.69) is 22.8 Å². The van der Waals surface area contributed by atoms with E-state index in [1.807, 2.05) is 43.3 Å². The molecule has 0 unspecified atom stereocenters. The molecule has 0 fully saturated rings. The number of nitrogens with one attached hydrogen (secondary N) is 2. The molecule has 0 bridgehead atoms. The Morgan fingerprint density at radius 1 is 0.971 bits per heavy atom. The van der Waals surface area contributed by atoms with Crippen LogP contribution < -0.4 is 10.6 Å². The summed E-state index contributed by atoms with van der Waals surface area (Å²) in [6, 6.07) is 20.1. The molecule has 1 atom stereocenters. The average Bonchev–Trinajstić information content (AvgIpc) is 3.15. The van der Waals surface area contributed by atoms with E-state index in [1.165, 1.54) is 0 Å². The van der Waals surface area contributed by atoms with Crippen LogP contribution in [0.2, 0.25) is 0 Å². The van der Waals surface area contributed by atoms with Crippen LogP contribution in [0.25, 0.3) is 11.1 Å². The molecule has 0 aromatic heterocycles. The van der Waals surface area contributed by atoms with Gasteiger partial charge < -0.3 is 15.2 Å². The van der Waals surface area contributed by atoms with Crippen molar-refractivity contribution in [3.05, 3.63) is 89.0 Å². The van der Waals surface area contributed by atoms with Crippen molar-refractivity contribution in [2.45, 2.75) is 32.2 Å². The molecule has 174 valence electrons. The normalized spacial score (nSPS) is 12.9. The number of ether oxygens (including phenoxy) is 1. The molecule has 7 heteroatoms. The number of hydrogen-bond donors (Lipinski definition) is 3. The van der Waals surface area contributed by atoms with Crippen molar-refractivity contribution in [3.63, 3.8) is 0 Å². The molecule has 1 aliphatic rings. The number of aryl methyl sites for hydroxylation is 1. The van der Waals surface area contributed by atoms with Crippen LogP contribution in [0.3, 0.4) is 0 Å². The SMILES string of the molecule is CC[C@@H](NC(=O)c1cc(C)ccc1NC(=O)OCC1c2ccccc2-c2ccccc21)C(=O)O. The summed E-state index contributed by atoms with van der Waals surface area (Å²) in [5.74, 6) is -1.78. The molecule has 3 N–H and O–H groups in total. The van der Waals surface area contributed by atoms with E-state index in [4.69, 9.17) is 4.74 Å². The van der Waals surface area contributed by atoms with E-state index in [9.17, 15) is 19.5 Å². The summed E-state index contributed by atoms with van der Waals surface area (Å²) in [6.45, 7) is 3.62. The Balaban J connectivity index is 1.48. The van der Waals surface area contributed by atoms with Crippen molar-refractivity contribution >= 4 is 23.7 Å². The van der Waals surface area contributed by atoms with Gasteiger partial charge in [0.15, 0.2) is 0 Å². The van der Waals surface area contributed by atoms with E-state index in [0.717, 1.165) is 27.8 Å². The zero-order chi connectivity index (χ0) is 24.2. The number of carboxylic acid groups (broad SMARTS) is 1. The number of aliphatic carboxylic acids is 1. The van der Waals surface area contributed by atoms with Crippen LogP contribution in [-0.4, -0.2) is 35.7 Å². The Hall–Kier alpha value is -4.13. The molecule has 1 aliphatic carbocycles. The van der Waals surface area contributed by atoms with Gasteiger partial charge >= 0.3 is 12.1 Å². The lowest BCUT2D eigenvalue weighted by molar-refractivity contribution is -0.139. The second-order valence-corrected chi connectivity index (χ2v) is 8.27. The minimum Gasteiger partial charge on any atom is -0.480 e. The van der Waals surface area contributed by atoms with Gasteiger partial charge in [0.2, 0.25) is 0 Å². The zero-order valence-electron chi connectivity index (χ0n) is 19.0. The number of hydrogen-bond acceptors (Lipinski definition) is 4. The predicted octanol–water partition coefficient (Wildman–Crippen LogP) is 4.95. The molecule has 0 saturated carbocycles. The highest BCUT2D eigenvalue weighted by Gasteiger charge is 2.29. The first-order chi connectivity index (χ1) is 16.4. The van der Waals surface area contributed by atoms with Gasteiger partial charge in [-0.2, -0.15) is 0 Å². The van der Waals surface area contributed by atoms with Gasteiger partial charge in [0.05, 0.1) is 11.3 Å². The number of anilines is 1. The highest BCUT2D eigenvalue weighted by molar-refractivity contribution is 6.04. The molecule has 0 spiro atoms. The largest absolute Gasteiger partial charge is 0.480 e. The number of amides is 2. The molecule has 0 heterocycles. The van der Waals surface area contributed by atoms with Gasteiger partial charge in [-0.05, 0) is 47.7 Å². The van der Waals surface area contributed by atoms with Crippen molar-refractivity contribution in [1.82, 2.24) is 5.32 Å². The van der Waals surface area contributed by atoms with Gasteiger partial charge in [-0.15, -0.1) is 0 Å². The maximum Gasteiger partial charge on any atom is 0.411 e. The quantitative estimate of drug-likeness (QED) is 0.465. The molecular formula is C27H26N2O5. The van der Waals surface area contributed by atoms with Crippen LogP contribution in [0, 0.1) is 6.92 Å². The summed E-state index contributed by atoms with van der Waals surface area (Å²) in [7, 11) is 0. The van der Waals surface area contributed by atoms with Crippen LogP contribution >= 0.6 is 0 Å². The average molecular weight is 459 g/mol. The molecule has 4 rings (SSSR count). The van der Waals surface area contributed by atoms with Crippen LogP contribution in [0.5, 0.6) is 0 Å². The number of rotatable bonds is 7. The Bertz CT molecular complexity index is 1210. The first-order valence-corrected chi connectivity index (χ1v) is 11.1. The van der Waals surface area contributed by atoms with E-state index in [-0.39, 0.29) is 30.2 Å². The van der Waals surface area contributed by atoms with E-state index in [1.54, 1.807) is 25.1 Å². The van der Waals surface area contributed by atoms with Gasteiger partial charge in [-0.3, -0.25) is 10.1 Å². The van der Waals surface area contributed by atoms with E-state index < -0.39 is 24.0 Å². The van der Waals surface area contributed by atoms with Crippen LogP contribution in [0.1, 0.15) is 46.3 Å². The summed E-state index contributed by atoms with van der Waals surface area (Å²) in [4.78, 5) is 36.7. The Morgan fingerprint density at radius 2 is 1.59 bits per heavy atom. The number of fused-ring (bicyclic) bond motifs is 3. The lowest BCUT2D eigenvalue weighted by atomic mass is 9.98. The van der Waals surface area contributed by atoms with Crippen LogP contribution in [0.15, 0.2) is 66.7 Å². The Morgan fingerprint density at radius 3 is 2.18 bits per heavy atom. The highest BCUT2D eigenvalue weighted by Crippen LogP contribution is 2.44. The summed E-state index contributed by atoms with van der Waals surface area (Å²) >= 11 is 0. The van der Waals surface area contributed by atoms with E-state index in [0.29, 0.717) is 0 Å². The van der Waals surface area contributed by atoms with Crippen LogP contribution in [-0.2, 0) is 9.53 Å². The van der Waals surface area contributed by atoms with Gasteiger partial charge in [0.1, 0.15) is 12.6 Å². The van der Waals surface area contributed by atoms with Gasteiger partial charge in [-0.1, -0.05) is 67.1 Å². The van der Waals surface area contributed by atoms with Crippen molar-refractivity contribution in [2.75, 3.05) is 11.9 Å². The van der Waals surface area contributed by atoms with Crippen molar-refractivity contribution in [3.8, 4) is 11.1 Å². The number of carbonyl (C=O) groups excluding carboxylic acids is 2. The standard InChI is InChI=1S/C27H26N2O5/c1-3-23(26(31)32)28-25(30)21-14-16(2)12-13-24(21)29-27(33)34-15-22-19-10-6-4-8-17(19)18-9-5-7-11-20(18)22/h4-14,22-23H,3,15H2,1-2H3,(H,28,30)(H,29,33)(H,31,32)/t23-/m1/s1. The molecule has 0 radical (unpaired) electrons. The highest BCUT2D eigenvalue weighted by atomic mass is 16.5. The fourth-order valence-corrected chi connectivity index (χ4v) is 4.27. The monoisotopic (exact) mass is 458 g/mol. The van der Waals surface area contributed by atoms with Crippen molar-refractivity contribution < 1.29 is 24.2 Å². The first-order valence-electron chi connectivity index (χ1n) is 11.1. The minimum atomic E-state index is -1.12. The zero-order valence-corrected chi connectivity index (χ0v) is 19.0. The lowest BCUT2D eigenvalue weighted by Crippen LogP contribution is -2.40. The predicted molar refractivity (Wildman–Crippen MR) is 129 cm³/mol. The van der Waals surface area contributed by atoms with Crippen molar-refractivity contribution in [2.24, 2.45) is 0 Å². The third-order valence-corrected chi connectivity index (χ3v) is 6.01. The molecule has 0 saturated heterocycles. The topological polar surface area (TPSA) is 105 Å². The maximum absolute atomic E-state index is 12.7. The molecule has 7 nitrogen and oxygen atoms in total. The maximum atomic E-state index is 12.7. The second-order valence-electron chi connectivity index (χ2n) is 8.27. The number of carbonyl (C=O) groups is 3. The van der Waals surface area contributed by atoms with Gasteiger partial charge in [0.25, 0.3) is 5.91 Å². The van der Waals surface area contributed by atoms with E-state index >= 15 is 0 Å². The molecular weight excluding hydrogens is 432 g/mol. The summed E-state index contributed by atoms with van der Waals surface area (Å²) in [6.07, 6.45) is -0.452. The summed E-state index contributed by atoms with van der Waals surface area (Å²) in [5.41, 5.74) is 5.69. The fourth-order valence-electron chi connectivity index (χ4n) is 4.27. The molecule has 34 heavy (non-hydrogen) atoms. The summed E-state index contributed by atoms with van der Waals surface area (Å²) in [5, 5.41) is 14.4. The van der Waals surface area contributed by atoms with Gasteiger partial charge in [0, 0.05) is 5.92 Å². The second kappa shape index (κ2) is 9.79. The van der Waals surface area contributed by atoms with Crippen LogP contribution in [0.4, 0.5) is 10.5 Å². The third kappa shape index (κ3) is 4.64. The Kier molecular flexibility index (Phi) is 6.63. The first kappa shape index (κ1) is 23.0. The Labute approximate surface area is 197 Å². The number of carboxylic acids is 1. The third-order valence-electron chi connectivity index (χ3n) is 6.01. The number of benzene rings is 3. The van der Waals surface area contributed by atoms with Crippen molar-refractivity contribution in [1.29, 1.82) is 0 Å². The smallest absolute Gasteiger partial charge is 0.411 e. The molecule has 0 aliphatic heterocycles. The molecule has 3 aromatic carbocycles. The van der Waals surface area contributed by atoms with Gasteiger partial charge in [-0.25, -0.2) is 9.59 Å².